The van der Waals surface area contributed by atoms with Gasteiger partial charge in [0.1, 0.15) is 23.3 Å². The van der Waals surface area contributed by atoms with Crippen molar-refractivity contribution in [2.24, 2.45) is 0 Å². The standard InChI is InChI=1S/C16H10F3N5S.C2H6/c1-25-16-22-13-9(15(20)23-16)10(17)11(18)14(12(13)19)24-6-21-7-4-2-3-5-8(7)24;1-2/h2-6H,1H3,(H2,20,22,23);1-2H3. The molecule has 0 bridgehead atoms. The van der Waals surface area contributed by atoms with Crippen LogP contribution in [-0.2, 0) is 0 Å². The number of nitrogens with zero attached hydrogens (tertiary/aromatic N) is 4. The number of halogens is 3. The van der Waals surface area contributed by atoms with Gasteiger partial charge < -0.3 is 5.73 Å². The Labute approximate surface area is 157 Å². The molecule has 9 heteroatoms. The monoisotopic (exact) mass is 391 g/mol. The molecule has 0 aliphatic rings. The second-order valence-corrected chi connectivity index (χ2v) is 5.99. The molecule has 2 aromatic heterocycles. The summed E-state index contributed by atoms with van der Waals surface area (Å²) in [6.07, 6.45) is 2.90. The summed E-state index contributed by atoms with van der Waals surface area (Å²) in [5, 5.41) is -0.308. The number of nitrogen functional groups attached to an aromatic ring is 1. The Hall–Kier alpha value is -2.81. The highest BCUT2D eigenvalue weighted by atomic mass is 32.2. The summed E-state index contributed by atoms with van der Waals surface area (Å²) in [6, 6.07) is 6.75. The number of imidazole rings is 1. The summed E-state index contributed by atoms with van der Waals surface area (Å²) < 4.78 is 45.5. The summed E-state index contributed by atoms with van der Waals surface area (Å²) in [6.45, 7) is 4.00. The first kappa shape index (κ1) is 19.0. The topological polar surface area (TPSA) is 69.6 Å². The third kappa shape index (κ3) is 2.97. The smallest absolute Gasteiger partial charge is 0.189 e. The predicted molar refractivity (Wildman–Crippen MR) is 102 cm³/mol. The van der Waals surface area contributed by atoms with Crippen LogP contribution in [0.1, 0.15) is 13.8 Å². The van der Waals surface area contributed by atoms with Crippen LogP contribution in [0.4, 0.5) is 19.0 Å². The average molecular weight is 391 g/mol. The molecule has 0 saturated carbocycles. The van der Waals surface area contributed by atoms with Gasteiger partial charge in [-0.1, -0.05) is 37.7 Å². The highest BCUT2D eigenvalue weighted by Gasteiger charge is 2.26. The van der Waals surface area contributed by atoms with Crippen molar-refractivity contribution in [1.82, 2.24) is 19.5 Å². The van der Waals surface area contributed by atoms with Crippen LogP contribution in [0.15, 0.2) is 35.7 Å². The van der Waals surface area contributed by atoms with Gasteiger partial charge in [-0.05, 0) is 18.4 Å². The fourth-order valence-corrected chi connectivity index (χ4v) is 3.07. The maximum absolute atomic E-state index is 15.1. The van der Waals surface area contributed by atoms with E-state index < -0.39 is 28.5 Å². The number of benzene rings is 2. The maximum atomic E-state index is 15.1. The Morgan fingerprint density at radius 1 is 1.00 bits per heavy atom. The first-order valence-electron chi connectivity index (χ1n) is 8.13. The van der Waals surface area contributed by atoms with Gasteiger partial charge in [0.25, 0.3) is 0 Å². The zero-order chi connectivity index (χ0) is 19.7. The van der Waals surface area contributed by atoms with Gasteiger partial charge in [-0.25, -0.2) is 28.1 Å². The van der Waals surface area contributed by atoms with Crippen LogP contribution in [-0.4, -0.2) is 25.8 Å². The van der Waals surface area contributed by atoms with Gasteiger partial charge in [0, 0.05) is 0 Å². The predicted octanol–water partition coefficient (Wildman–Crippen LogP) is 4.72. The molecule has 27 heavy (non-hydrogen) atoms. The molecule has 5 nitrogen and oxygen atoms in total. The summed E-state index contributed by atoms with van der Waals surface area (Å²) in [7, 11) is 0. The Bertz CT molecular complexity index is 1140. The number of fused-ring (bicyclic) bond motifs is 2. The van der Waals surface area contributed by atoms with E-state index in [1.165, 1.54) is 6.33 Å². The van der Waals surface area contributed by atoms with Crippen molar-refractivity contribution in [3.8, 4) is 5.69 Å². The lowest BCUT2D eigenvalue weighted by Gasteiger charge is -2.12. The molecule has 0 radical (unpaired) electrons. The van der Waals surface area contributed by atoms with E-state index >= 15 is 4.39 Å². The van der Waals surface area contributed by atoms with Crippen molar-refractivity contribution in [1.29, 1.82) is 0 Å². The zero-order valence-corrected chi connectivity index (χ0v) is 15.6. The summed E-state index contributed by atoms with van der Waals surface area (Å²) in [5.41, 5.74) is 5.67. The average Bonchev–Trinajstić information content (AvgIpc) is 3.11. The Morgan fingerprint density at radius 3 is 2.41 bits per heavy atom. The van der Waals surface area contributed by atoms with Crippen LogP contribution in [0.2, 0.25) is 0 Å². The molecule has 0 amide bonds. The molecule has 0 fully saturated rings. The fourth-order valence-electron chi connectivity index (χ4n) is 2.69. The molecule has 4 aromatic rings. The SMILES string of the molecule is CC.CSc1nc(N)c2c(F)c(F)c(-n3cnc4ccccc43)c(F)c2n1. The summed E-state index contributed by atoms with van der Waals surface area (Å²) in [5.74, 6) is -4.01. The van der Waals surface area contributed by atoms with Gasteiger partial charge in [0.15, 0.2) is 22.6 Å². The third-order valence-electron chi connectivity index (χ3n) is 3.83. The number of aromatic nitrogens is 4. The highest BCUT2D eigenvalue weighted by Crippen LogP contribution is 2.33. The fraction of sp³-hybridized carbons (Fsp3) is 0.167. The quantitative estimate of drug-likeness (QED) is 0.304. The minimum atomic E-state index is -1.37. The first-order valence-corrected chi connectivity index (χ1v) is 9.35. The highest BCUT2D eigenvalue weighted by molar-refractivity contribution is 7.98. The van der Waals surface area contributed by atoms with E-state index in [1.54, 1.807) is 30.5 Å². The lowest BCUT2D eigenvalue weighted by Crippen LogP contribution is -2.08. The molecule has 140 valence electrons. The van der Waals surface area contributed by atoms with Crippen LogP contribution in [0.5, 0.6) is 0 Å². The number of thioether (sulfide) groups is 1. The Morgan fingerprint density at radius 2 is 1.70 bits per heavy atom. The van der Waals surface area contributed by atoms with Gasteiger partial charge in [-0.3, -0.25) is 4.57 Å². The van der Waals surface area contributed by atoms with Crippen LogP contribution in [0.25, 0.3) is 27.6 Å². The van der Waals surface area contributed by atoms with Crippen LogP contribution in [0, 0.1) is 17.5 Å². The summed E-state index contributed by atoms with van der Waals surface area (Å²) in [4.78, 5) is 11.9. The van der Waals surface area contributed by atoms with Gasteiger partial charge >= 0.3 is 0 Å². The molecule has 0 saturated heterocycles. The zero-order valence-electron chi connectivity index (χ0n) is 14.8. The van der Waals surface area contributed by atoms with Crippen molar-refractivity contribution in [3.63, 3.8) is 0 Å². The van der Waals surface area contributed by atoms with E-state index in [-0.39, 0.29) is 16.5 Å². The van der Waals surface area contributed by atoms with Crippen molar-refractivity contribution in [2.45, 2.75) is 19.0 Å². The second-order valence-electron chi connectivity index (χ2n) is 5.21. The molecule has 4 rings (SSSR count). The van der Waals surface area contributed by atoms with Crippen molar-refractivity contribution >= 4 is 39.5 Å². The Kier molecular flexibility index (Phi) is 5.22. The second kappa shape index (κ2) is 7.43. The lowest BCUT2D eigenvalue weighted by molar-refractivity contribution is 0.499. The molecular formula is C18H16F3N5S. The third-order valence-corrected chi connectivity index (χ3v) is 4.38. The molecule has 2 heterocycles. The van der Waals surface area contributed by atoms with Crippen LogP contribution >= 0.6 is 11.8 Å². The van der Waals surface area contributed by atoms with Gasteiger partial charge in [-0.2, -0.15) is 0 Å². The molecule has 0 aliphatic carbocycles. The van der Waals surface area contributed by atoms with E-state index in [4.69, 9.17) is 5.73 Å². The maximum Gasteiger partial charge on any atom is 0.189 e. The summed E-state index contributed by atoms with van der Waals surface area (Å²) >= 11 is 1.12. The molecule has 0 aliphatic heterocycles. The van der Waals surface area contributed by atoms with Crippen molar-refractivity contribution < 1.29 is 13.2 Å². The van der Waals surface area contributed by atoms with Gasteiger partial charge in [0.2, 0.25) is 0 Å². The van der Waals surface area contributed by atoms with E-state index in [0.29, 0.717) is 11.0 Å². The van der Waals surface area contributed by atoms with Gasteiger partial charge in [-0.15, -0.1) is 0 Å². The molecule has 0 unspecified atom stereocenters. The normalized spacial score (nSPS) is 10.9. The van der Waals surface area contributed by atoms with Crippen LogP contribution in [0.3, 0.4) is 0 Å². The lowest BCUT2D eigenvalue weighted by atomic mass is 10.1. The number of anilines is 1. The number of rotatable bonds is 2. The van der Waals surface area contributed by atoms with Gasteiger partial charge in [0.05, 0.1) is 16.4 Å². The van der Waals surface area contributed by atoms with E-state index in [2.05, 4.69) is 15.0 Å². The van der Waals surface area contributed by atoms with E-state index in [9.17, 15) is 8.78 Å². The number of hydrogen-bond acceptors (Lipinski definition) is 5. The molecule has 2 N–H and O–H groups in total. The molecule has 0 atom stereocenters. The van der Waals surface area contributed by atoms with Crippen LogP contribution < -0.4 is 5.73 Å². The number of para-hydroxylation sites is 2. The van der Waals surface area contributed by atoms with E-state index in [1.807, 2.05) is 13.8 Å². The minimum absolute atomic E-state index is 0.163. The molecular weight excluding hydrogens is 375 g/mol. The van der Waals surface area contributed by atoms with Crippen molar-refractivity contribution in [3.05, 3.63) is 48.0 Å². The number of hydrogen-bond donors (Lipinski definition) is 1. The van der Waals surface area contributed by atoms with E-state index in [0.717, 1.165) is 16.3 Å². The van der Waals surface area contributed by atoms with Crippen molar-refractivity contribution in [2.75, 3.05) is 12.0 Å². The largest absolute Gasteiger partial charge is 0.383 e. The first-order chi connectivity index (χ1) is 13.0. The molecule has 0 spiro atoms. The number of nitrogens with two attached hydrogens (primary N) is 1. The Balaban J connectivity index is 0.00000102. The minimum Gasteiger partial charge on any atom is -0.383 e. The molecule has 2 aromatic carbocycles.